The molecular formula is C15H22BrNO3. The van der Waals surface area contributed by atoms with Crippen molar-refractivity contribution in [1.29, 1.82) is 0 Å². The molecule has 4 nitrogen and oxygen atoms in total. The zero-order valence-corrected chi connectivity index (χ0v) is 13.5. The van der Waals surface area contributed by atoms with E-state index in [1.54, 1.807) is 0 Å². The number of morpholine rings is 1. The molecule has 1 N–H and O–H groups in total. The lowest BCUT2D eigenvalue weighted by Gasteiger charge is -2.36. The van der Waals surface area contributed by atoms with E-state index < -0.39 is 6.10 Å². The van der Waals surface area contributed by atoms with Gasteiger partial charge in [0.05, 0.1) is 12.2 Å². The molecule has 0 amide bonds. The van der Waals surface area contributed by atoms with Gasteiger partial charge in [-0.1, -0.05) is 15.9 Å². The molecule has 5 heteroatoms. The van der Waals surface area contributed by atoms with Gasteiger partial charge in [0.25, 0.3) is 0 Å². The molecule has 0 saturated carbocycles. The molecular weight excluding hydrogens is 322 g/mol. The van der Waals surface area contributed by atoms with E-state index in [0.717, 1.165) is 23.3 Å². The fourth-order valence-corrected chi connectivity index (χ4v) is 2.77. The Morgan fingerprint density at radius 3 is 2.50 bits per heavy atom. The molecule has 0 bridgehead atoms. The third-order valence-corrected chi connectivity index (χ3v) is 3.75. The summed E-state index contributed by atoms with van der Waals surface area (Å²) in [5, 5.41) is 10.1. The van der Waals surface area contributed by atoms with Crippen LogP contribution >= 0.6 is 15.9 Å². The molecule has 2 rings (SSSR count). The average Bonchev–Trinajstić information content (AvgIpc) is 2.37. The standard InChI is InChI=1S/C15H22BrNO3/c1-11-7-17(8-12(2)20-11)9-14(18)10-19-15-5-3-13(16)4-6-15/h3-6,11-12,14,18H,7-10H2,1-2H3/t11-,12-,14-/m0/s1. The summed E-state index contributed by atoms with van der Waals surface area (Å²) in [5.74, 6) is 0.774. The van der Waals surface area contributed by atoms with Gasteiger partial charge in [0.1, 0.15) is 18.5 Å². The largest absolute Gasteiger partial charge is 0.491 e. The van der Waals surface area contributed by atoms with Gasteiger partial charge in [-0.05, 0) is 38.1 Å². The first-order chi connectivity index (χ1) is 9.52. The van der Waals surface area contributed by atoms with Crippen molar-refractivity contribution >= 4 is 15.9 Å². The van der Waals surface area contributed by atoms with E-state index in [2.05, 4.69) is 34.7 Å². The van der Waals surface area contributed by atoms with Crippen LogP contribution in [-0.2, 0) is 4.74 Å². The molecule has 1 aromatic rings. The fourth-order valence-electron chi connectivity index (χ4n) is 2.51. The van der Waals surface area contributed by atoms with E-state index in [0.29, 0.717) is 13.2 Å². The van der Waals surface area contributed by atoms with Gasteiger partial charge >= 0.3 is 0 Å². The molecule has 1 heterocycles. The molecule has 1 fully saturated rings. The van der Waals surface area contributed by atoms with Gasteiger partial charge in [-0.25, -0.2) is 0 Å². The average molecular weight is 344 g/mol. The molecule has 3 atom stereocenters. The Morgan fingerprint density at radius 2 is 1.90 bits per heavy atom. The van der Waals surface area contributed by atoms with Gasteiger partial charge in [-0.2, -0.15) is 0 Å². The Hall–Kier alpha value is -0.620. The van der Waals surface area contributed by atoms with Crippen LogP contribution in [0.25, 0.3) is 0 Å². The molecule has 0 aliphatic carbocycles. The Morgan fingerprint density at radius 1 is 1.30 bits per heavy atom. The third-order valence-electron chi connectivity index (χ3n) is 3.22. The summed E-state index contributed by atoms with van der Waals surface area (Å²) in [6.45, 7) is 6.77. The van der Waals surface area contributed by atoms with Crippen LogP contribution in [0.5, 0.6) is 5.75 Å². The van der Waals surface area contributed by atoms with Crippen LogP contribution in [0, 0.1) is 0 Å². The lowest BCUT2D eigenvalue weighted by Crippen LogP contribution is -2.48. The number of aliphatic hydroxyl groups excluding tert-OH is 1. The van der Waals surface area contributed by atoms with E-state index in [1.165, 1.54) is 0 Å². The Bertz CT molecular complexity index is 402. The predicted octanol–water partition coefficient (Wildman–Crippen LogP) is 2.30. The minimum Gasteiger partial charge on any atom is -0.491 e. The van der Waals surface area contributed by atoms with Crippen LogP contribution in [0.15, 0.2) is 28.7 Å². The van der Waals surface area contributed by atoms with Gasteiger partial charge in [0.15, 0.2) is 0 Å². The maximum absolute atomic E-state index is 10.1. The number of aliphatic hydroxyl groups is 1. The van der Waals surface area contributed by atoms with Gasteiger partial charge in [-0.3, -0.25) is 4.90 Å². The quantitative estimate of drug-likeness (QED) is 0.890. The number of hydrogen-bond donors (Lipinski definition) is 1. The summed E-state index contributed by atoms with van der Waals surface area (Å²) in [6.07, 6.45) is -0.0483. The number of rotatable bonds is 5. The van der Waals surface area contributed by atoms with Crippen LogP contribution in [0.1, 0.15) is 13.8 Å². The van der Waals surface area contributed by atoms with E-state index in [4.69, 9.17) is 9.47 Å². The van der Waals surface area contributed by atoms with Crippen molar-refractivity contribution in [2.45, 2.75) is 32.2 Å². The second-order valence-corrected chi connectivity index (χ2v) is 6.31. The topological polar surface area (TPSA) is 41.9 Å². The Kier molecular flexibility index (Phi) is 5.84. The van der Waals surface area contributed by atoms with Gasteiger partial charge in [-0.15, -0.1) is 0 Å². The Balaban J connectivity index is 1.74. The number of nitrogens with zero attached hydrogens (tertiary/aromatic N) is 1. The van der Waals surface area contributed by atoms with E-state index in [-0.39, 0.29) is 12.2 Å². The number of ether oxygens (including phenoxy) is 2. The highest BCUT2D eigenvalue weighted by Crippen LogP contribution is 2.16. The first kappa shape index (κ1) is 15.8. The molecule has 1 saturated heterocycles. The van der Waals surface area contributed by atoms with Gasteiger partial charge in [0.2, 0.25) is 0 Å². The van der Waals surface area contributed by atoms with Crippen LogP contribution in [0.4, 0.5) is 0 Å². The minimum atomic E-state index is -0.490. The fraction of sp³-hybridized carbons (Fsp3) is 0.600. The maximum atomic E-state index is 10.1. The summed E-state index contributed by atoms with van der Waals surface area (Å²) in [4.78, 5) is 2.23. The van der Waals surface area contributed by atoms with Crippen LogP contribution in [0.2, 0.25) is 0 Å². The van der Waals surface area contributed by atoms with Crippen molar-refractivity contribution in [2.75, 3.05) is 26.2 Å². The van der Waals surface area contributed by atoms with Crippen LogP contribution in [0.3, 0.4) is 0 Å². The second kappa shape index (κ2) is 7.41. The lowest BCUT2D eigenvalue weighted by molar-refractivity contribution is -0.0786. The predicted molar refractivity (Wildman–Crippen MR) is 82.1 cm³/mol. The highest BCUT2D eigenvalue weighted by molar-refractivity contribution is 9.10. The van der Waals surface area contributed by atoms with Gasteiger partial charge in [0, 0.05) is 24.1 Å². The lowest BCUT2D eigenvalue weighted by atomic mass is 10.2. The molecule has 20 heavy (non-hydrogen) atoms. The van der Waals surface area contributed by atoms with Gasteiger partial charge < -0.3 is 14.6 Å². The molecule has 1 aliphatic heterocycles. The summed E-state index contributed by atoms with van der Waals surface area (Å²) in [5.41, 5.74) is 0. The minimum absolute atomic E-state index is 0.221. The van der Waals surface area contributed by atoms with E-state index in [1.807, 2.05) is 24.3 Å². The number of benzene rings is 1. The Labute approximate surface area is 128 Å². The maximum Gasteiger partial charge on any atom is 0.119 e. The molecule has 112 valence electrons. The smallest absolute Gasteiger partial charge is 0.119 e. The zero-order chi connectivity index (χ0) is 14.5. The monoisotopic (exact) mass is 343 g/mol. The normalized spacial score (nSPS) is 25.4. The van der Waals surface area contributed by atoms with Crippen molar-refractivity contribution in [3.05, 3.63) is 28.7 Å². The highest BCUT2D eigenvalue weighted by Gasteiger charge is 2.23. The molecule has 0 spiro atoms. The van der Waals surface area contributed by atoms with Crippen molar-refractivity contribution < 1.29 is 14.6 Å². The van der Waals surface area contributed by atoms with E-state index >= 15 is 0 Å². The zero-order valence-electron chi connectivity index (χ0n) is 12.0. The SMILES string of the molecule is C[C@H]1CN(C[C@H](O)COc2ccc(Br)cc2)C[C@H](C)O1. The molecule has 0 unspecified atom stereocenters. The summed E-state index contributed by atoms with van der Waals surface area (Å²) in [7, 11) is 0. The first-order valence-electron chi connectivity index (χ1n) is 6.97. The van der Waals surface area contributed by atoms with Crippen molar-refractivity contribution in [2.24, 2.45) is 0 Å². The number of hydrogen-bond acceptors (Lipinski definition) is 4. The summed E-state index contributed by atoms with van der Waals surface area (Å²) in [6, 6.07) is 7.62. The van der Waals surface area contributed by atoms with Crippen molar-refractivity contribution in [1.82, 2.24) is 4.90 Å². The molecule has 1 aliphatic rings. The van der Waals surface area contributed by atoms with E-state index in [9.17, 15) is 5.11 Å². The number of halogens is 1. The summed E-state index contributed by atoms with van der Waals surface area (Å²) >= 11 is 3.38. The van der Waals surface area contributed by atoms with Crippen molar-refractivity contribution in [3.63, 3.8) is 0 Å². The first-order valence-corrected chi connectivity index (χ1v) is 7.76. The van der Waals surface area contributed by atoms with Crippen LogP contribution < -0.4 is 4.74 Å². The summed E-state index contributed by atoms with van der Waals surface area (Å²) < 4.78 is 12.3. The number of β-amino-alcohol motifs (C(OH)–C–C–N with tert-alkyl or cyclic N) is 1. The molecule has 1 aromatic carbocycles. The van der Waals surface area contributed by atoms with Crippen LogP contribution in [-0.4, -0.2) is 54.6 Å². The highest BCUT2D eigenvalue weighted by atomic mass is 79.9. The molecule has 0 aromatic heterocycles. The van der Waals surface area contributed by atoms with Crippen molar-refractivity contribution in [3.8, 4) is 5.75 Å². The second-order valence-electron chi connectivity index (χ2n) is 5.39. The third kappa shape index (κ3) is 5.05. The molecule has 0 radical (unpaired) electrons.